The van der Waals surface area contributed by atoms with E-state index in [1.165, 1.54) is 0 Å². The smallest absolute Gasteiger partial charge is 0.410 e. The van der Waals surface area contributed by atoms with Crippen LogP contribution in [0, 0.1) is 0 Å². The number of rotatable bonds is 3. The quantitative estimate of drug-likeness (QED) is 0.791. The van der Waals surface area contributed by atoms with Crippen LogP contribution in [0.2, 0.25) is 0 Å². The lowest BCUT2D eigenvalue weighted by Crippen LogP contribution is -2.40. The lowest BCUT2D eigenvalue weighted by atomic mass is 10.1. The molecule has 0 aliphatic carbocycles. The van der Waals surface area contributed by atoms with Crippen molar-refractivity contribution in [2.45, 2.75) is 65.7 Å². The molecule has 0 bridgehead atoms. The summed E-state index contributed by atoms with van der Waals surface area (Å²) in [6.45, 7) is 11.2. The zero-order valence-electron chi connectivity index (χ0n) is 18.2. The van der Waals surface area contributed by atoms with Gasteiger partial charge in [0.15, 0.2) is 0 Å². The Morgan fingerprint density at radius 1 is 1.07 bits per heavy atom. The fraction of sp³-hybridized carbons (Fsp3) is 0.684. The number of amides is 3. The molecule has 2 N–H and O–H groups in total. The van der Waals surface area contributed by atoms with Crippen molar-refractivity contribution in [3.8, 4) is 0 Å². The van der Waals surface area contributed by atoms with E-state index in [9.17, 15) is 14.4 Å². The Balaban J connectivity index is 2.01. The van der Waals surface area contributed by atoms with Gasteiger partial charge < -0.3 is 25.0 Å². The monoisotopic (exact) mass is 409 g/mol. The number of carbonyl (C=O) groups excluding carboxylic acids is 3. The van der Waals surface area contributed by atoms with Crippen LogP contribution in [0.3, 0.4) is 0 Å². The third-order valence-corrected chi connectivity index (χ3v) is 3.90. The number of nitrogens with one attached hydrogen (secondary N) is 2. The third kappa shape index (κ3) is 6.65. The zero-order valence-corrected chi connectivity index (χ0v) is 18.2. The van der Waals surface area contributed by atoms with E-state index in [1.807, 2.05) is 20.8 Å². The van der Waals surface area contributed by atoms with Crippen LogP contribution in [0.15, 0.2) is 0 Å². The Bertz CT molecular complexity index is 788. The predicted octanol–water partition coefficient (Wildman–Crippen LogP) is 2.18. The van der Waals surface area contributed by atoms with Gasteiger partial charge in [-0.2, -0.15) is 5.10 Å². The molecule has 0 atom stereocenters. The molecule has 0 spiro atoms. The number of alkyl carbamates (subject to hydrolysis) is 1. The first-order valence-corrected chi connectivity index (χ1v) is 9.54. The molecule has 1 aliphatic rings. The molecule has 0 saturated carbocycles. The zero-order chi connectivity index (χ0) is 22.0. The fourth-order valence-corrected chi connectivity index (χ4v) is 2.78. The summed E-state index contributed by atoms with van der Waals surface area (Å²) >= 11 is 0. The van der Waals surface area contributed by atoms with Gasteiger partial charge in [-0.25, -0.2) is 9.59 Å². The van der Waals surface area contributed by atoms with E-state index in [4.69, 9.17) is 9.47 Å². The lowest BCUT2D eigenvalue weighted by molar-refractivity contribution is -0.115. The molecule has 10 nitrogen and oxygen atoms in total. The summed E-state index contributed by atoms with van der Waals surface area (Å²) in [6.07, 6.45) is -0.513. The molecule has 0 unspecified atom stereocenters. The van der Waals surface area contributed by atoms with Crippen molar-refractivity contribution in [1.82, 2.24) is 20.0 Å². The first kappa shape index (κ1) is 22.5. The molecule has 1 aromatic rings. The number of anilines is 1. The minimum atomic E-state index is -0.671. The van der Waals surface area contributed by atoms with Gasteiger partial charge in [0.1, 0.15) is 23.6 Å². The number of aromatic nitrogens is 2. The SMILES string of the molecule is Cn1nc2c(c1NC(=O)CNC(=O)OC(C)(C)C)CN(C(=O)OC(C)(C)C)CC2. The minimum Gasteiger partial charge on any atom is -0.444 e. The van der Waals surface area contributed by atoms with Gasteiger partial charge in [-0.15, -0.1) is 0 Å². The summed E-state index contributed by atoms with van der Waals surface area (Å²) in [5.41, 5.74) is 0.349. The van der Waals surface area contributed by atoms with Crippen molar-refractivity contribution in [1.29, 1.82) is 0 Å². The second-order valence-corrected chi connectivity index (χ2v) is 8.95. The summed E-state index contributed by atoms with van der Waals surface area (Å²) in [7, 11) is 1.72. The molecule has 3 amide bonds. The fourth-order valence-electron chi connectivity index (χ4n) is 2.78. The van der Waals surface area contributed by atoms with E-state index in [1.54, 1.807) is 37.4 Å². The standard InChI is InChI=1S/C19H31N5O5/c1-18(2,3)28-16(26)20-10-14(25)21-15-12-11-24(17(27)29-19(4,5)6)9-8-13(12)22-23(15)7/h8-11H2,1-7H3,(H,20,26)(H,21,25). The first-order chi connectivity index (χ1) is 13.2. The predicted molar refractivity (Wildman–Crippen MR) is 106 cm³/mol. The molecule has 1 aromatic heterocycles. The van der Waals surface area contributed by atoms with Gasteiger partial charge in [0.2, 0.25) is 5.91 Å². The van der Waals surface area contributed by atoms with E-state index >= 15 is 0 Å². The Morgan fingerprint density at radius 3 is 2.28 bits per heavy atom. The number of hydrogen-bond acceptors (Lipinski definition) is 6. The number of aryl methyl sites for hydroxylation is 1. The summed E-state index contributed by atoms with van der Waals surface area (Å²) in [6, 6.07) is 0. The van der Waals surface area contributed by atoms with E-state index in [0.717, 1.165) is 11.3 Å². The molecule has 162 valence electrons. The van der Waals surface area contributed by atoms with Crippen molar-refractivity contribution in [2.75, 3.05) is 18.4 Å². The maximum atomic E-state index is 12.4. The molecule has 29 heavy (non-hydrogen) atoms. The van der Waals surface area contributed by atoms with E-state index in [0.29, 0.717) is 18.8 Å². The van der Waals surface area contributed by atoms with Crippen molar-refractivity contribution < 1.29 is 23.9 Å². The molecule has 1 aliphatic heterocycles. The van der Waals surface area contributed by atoms with Crippen LogP contribution >= 0.6 is 0 Å². The summed E-state index contributed by atoms with van der Waals surface area (Å²) in [5.74, 6) is 0.0697. The molecular formula is C19H31N5O5. The molecule has 0 aromatic carbocycles. The Kier molecular flexibility index (Phi) is 6.44. The van der Waals surface area contributed by atoms with Gasteiger partial charge in [0.25, 0.3) is 0 Å². The van der Waals surface area contributed by atoms with Crippen LogP contribution in [-0.4, -0.2) is 57.1 Å². The van der Waals surface area contributed by atoms with Crippen LogP contribution in [-0.2, 0) is 34.3 Å². The van der Waals surface area contributed by atoms with Gasteiger partial charge in [-0.05, 0) is 41.5 Å². The summed E-state index contributed by atoms with van der Waals surface area (Å²) in [5, 5.41) is 9.60. The van der Waals surface area contributed by atoms with Gasteiger partial charge >= 0.3 is 12.2 Å². The van der Waals surface area contributed by atoms with Gasteiger partial charge in [0.05, 0.1) is 12.2 Å². The molecule has 2 rings (SSSR count). The van der Waals surface area contributed by atoms with Gasteiger partial charge in [-0.1, -0.05) is 0 Å². The number of fused-ring (bicyclic) bond motifs is 1. The number of nitrogens with zero attached hydrogens (tertiary/aromatic N) is 3. The Labute approximate surface area is 170 Å². The third-order valence-electron chi connectivity index (χ3n) is 3.90. The van der Waals surface area contributed by atoms with E-state index in [2.05, 4.69) is 15.7 Å². The number of ether oxygens (including phenoxy) is 2. The molecular weight excluding hydrogens is 378 g/mol. The largest absolute Gasteiger partial charge is 0.444 e. The average molecular weight is 409 g/mol. The van der Waals surface area contributed by atoms with Crippen LogP contribution in [0.4, 0.5) is 15.4 Å². The maximum absolute atomic E-state index is 12.4. The highest BCUT2D eigenvalue weighted by molar-refractivity contribution is 5.94. The Hall–Kier alpha value is -2.78. The topological polar surface area (TPSA) is 115 Å². The molecule has 2 heterocycles. The highest BCUT2D eigenvalue weighted by Crippen LogP contribution is 2.26. The summed E-state index contributed by atoms with van der Waals surface area (Å²) < 4.78 is 12.1. The lowest BCUT2D eigenvalue weighted by Gasteiger charge is -2.29. The van der Waals surface area contributed by atoms with Crippen LogP contribution < -0.4 is 10.6 Å². The molecule has 0 saturated heterocycles. The maximum Gasteiger partial charge on any atom is 0.410 e. The van der Waals surface area contributed by atoms with Crippen LogP contribution in [0.1, 0.15) is 52.8 Å². The Morgan fingerprint density at radius 2 is 1.69 bits per heavy atom. The second kappa shape index (κ2) is 8.30. The minimum absolute atomic E-state index is 0.245. The highest BCUT2D eigenvalue weighted by atomic mass is 16.6. The normalized spacial score (nSPS) is 14.1. The van der Waals surface area contributed by atoms with Crippen molar-refractivity contribution >= 4 is 23.9 Å². The molecule has 10 heteroatoms. The van der Waals surface area contributed by atoms with Crippen LogP contribution in [0.5, 0.6) is 0 Å². The van der Waals surface area contributed by atoms with E-state index < -0.39 is 29.3 Å². The van der Waals surface area contributed by atoms with Gasteiger partial charge in [-0.3, -0.25) is 9.48 Å². The van der Waals surface area contributed by atoms with Crippen molar-refractivity contribution in [3.05, 3.63) is 11.3 Å². The summed E-state index contributed by atoms with van der Waals surface area (Å²) in [4.78, 5) is 38.0. The number of carbonyl (C=O) groups is 3. The van der Waals surface area contributed by atoms with E-state index in [-0.39, 0.29) is 13.1 Å². The van der Waals surface area contributed by atoms with Crippen molar-refractivity contribution in [3.63, 3.8) is 0 Å². The van der Waals surface area contributed by atoms with Gasteiger partial charge in [0, 0.05) is 25.6 Å². The van der Waals surface area contributed by atoms with Crippen molar-refractivity contribution in [2.24, 2.45) is 7.05 Å². The molecule has 0 radical (unpaired) electrons. The van der Waals surface area contributed by atoms with Crippen LogP contribution in [0.25, 0.3) is 0 Å². The molecule has 0 fully saturated rings. The second-order valence-electron chi connectivity index (χ2n) is 8.95. The average Bonchev–Trinajstić information content (AvgIpc) is 2.85. The first-order valence-electron chi connectivity index (χ1n) is 9.54. The highest BCUT2D eigenvalue weighted by Gasteiger charge is 2.30. The number of hydrogen-bond donors (Lipinski definition) is 2.